The first-order valence-corrected chi connectivity index (χ1v) is 15.2. The third kappa shape index (κ3) is 7.13. The molecule has 0 radical (unpaired) electrons. The summed E-state index contributed by atoms with van der Waals surface area (Å²) in [6.45, 7) is 5.96. The van der Waals surface area contributed by atoms with Crippen molar-refractivity contribution in [3.63, 3.8) is 0 Å². The Morgan fingerprint density at radius 1 is 1.15 bits per heavy atom. The number of amides is 2. The summed E-state index contributed by atoms with van der Waals surface area (Å²) in [5, 5.41) is 4.48. The van der Waals surface area contributed by atoms with Crippen molar-refractivity contribution in [3.05, 3.63) is 76.9 Å². The number of thiazole rings is 2. The van der Waals surface area contributed by atoms with Crippen LogP contribution in [0.5, 0.6) is 0 Å². The van der Waals surface area contributed by atoms with Crippen LogP contribution in [0.2, 0.25) is 0 Å². The molecule has 1 N–H and O–H groups in total. The Morgan fingerprint density at radius 2 is 1.92 bits per heavy atom. The van der Waals surface area contributed by atoms with Crippen molar-refractivity contribution in [3.8, 4) is 11.3 Å². The number of anilines is 1. The molecule has 0 bridgehead atoms. The summed E-state index contributed by atoms with van der Waals surface area (Å²) in [7, 11) is -4.11. The molecule has 0 unspecified atom stereocenters. The first-order valence-electron chi connectivity index (χ1n) is 11.7. The maximum Gasteiger partial charge on any atom is 0.338 e. The number of hydrogen-bond donors (Lipinski definition) is 1. The van der Waals surface area contributed by atoms with Crippen molar-refractivity contribution in [2.24, 2.45) is 4.99 Å². The number of carbonyl (C=O) groups is 3. The molecule has 202 valence electrons. The number of ether oxygens (including phenoxy) is 1. The van der Waals surface area contributed by atoms with Gasteiger partial charge in [-0.25, -0.2) is 18.2 Å². The van der Waals surface area contributed by atoms with Crippen LogP contribution in [0.3, 0.4) is 0 Å². The molecule has 0 saturated heterocycles. The fourth-order valence-corrected chi connectivity index (χ4v) is 6.46. The Morgan fingerprint density at radius 3 is 2.64 bits per heavy atom. The number of aromatic nitrogens is 2. The molecular weight excluding hydrogens is 561 g/mol. The van der Waals surface area contributed by atoms with Gasteiger partial charge in [0, 0.05) is 17.5 Å². The molecule has 0 aliphatic heterocycles. The molecule has 0 atom stereocenters. The summed E-state index contributed by atoms with van der Waals surface area (Å²) in [6.07, 6.45) is 1.61. The third-order valence-electron chi connectivity index (χ3n) is 5.24. The molecule has 0 spiro atoms. The summed E-state index contributed by atoms with van der Waals surface area (Å²) < 4.78 is 32.6. The molecule has 4 aromatic rings. The number of sulfone groups is 1. The molecule has 0 aliphatic rings. The van der Waals surface area contributed by atoms with Crippen LogP contribution in [0.25, 0.3) is 21.5 Å². The lowest BCUT2D eigenvalue weighted by Gasteiger charge is -2.04. The number of fused-ring (bicyclic) bond motifs is 1. The minimum Gasteiger partial charge on any atom is -0.462 e. The number of nitrogens with one attached hydrogen (secondary N) is 1. The second-order valence-electron chi connectivity index (χ2n) is 8.18. The van der Waals surface area contributed by atoms with Crippen molar-refractivity contribution in [2.75, 3.05) is 23.4 Å². The van der Waals surface area contributed by atoms with Crippen molar-refractivity contribution < 1.29 is 27.5 Å². The quantitative estimate of drug-likeness (QED) is 0.222. The zero-order chi connectivity index (χ0) is 28.0. The summed E-state index contributed by atoms with van der Waals surface area (Å²) in [4.78, 5) is 45.7. The van der Waals surface area contributed by atoms with E-state index in [-0.39, 0.29) is 16.5 Å². The molecule has 2 aromatic heterocycles. The van der Waals surface area contributed by atoms with Crippen molar-refractivity contribution in [1.82, 2.24) is 9.55 Å². The molecule has 10 nitrogen and oxygen atoms in total. The van der Waals surface area contributed by atoms with E-state index < -0.39 is 39.1 Å². The Hall–Kier alpha value is -3.94. The van der Waals surface area contributed by atoms with Gasteiger partial charge < -0.3 is 14.6 Å². The van der Waals surface area contributed by atoms with Gasteiger partial charge in [-0.2, -0.15) is 4.99 Å². The average molecular weight is 585 g/mol. The van der Waals surface area contributed by atoms with Gasteiger partial charge in [-0.3, -0.25) is 9.59 Å². The smallest absolute Gasteiger partial charge is 0.338 e. The number of esters is 1. The van der Waals surface area contributed by atoms with Gasteiger partial charge in [0.15, 0.2) is 19.8 Å². The second-order valence-corrected chi connectivity index (χ2v) is 12.1. The topological polar surface area (TPSA) is 137 Å². The average Bonchev–Trinajstić information content (AvgIpc) is 3.48. The van der Waals surface area contributed by atoms with Crippen LogP contribution >= 0.6 is 22.7 Å². The SMILES string of the molecule is C=CCn1c(=NC(=O)CS(=O)(=O)CC(=O)Nc2nc(-c3ccccc3)cs2)sc2cc(C(=O)OCC)ccc21. The van der Waals surface area contributed by atoms with Crippen LogP contribution in [0, 0.1) is 0 Å². The fourth-order valence-electron chi connectivity index (χ4n) is 3.61. The largest absolute Gasteiger partial charge is 0.462 e. The van der Waals surface area contributed by atoms with E-state index in [4.69, 9.17) is 4.74 Å². The molecule has 2 aromatic carbocycles. The zero-order valence-corrected chi connectivity index (χ0v) is 23.3. The Kier molecular flexibility index (Phi) is 8.84. The molecule has 2 amide bonds. The lowest BCUT2D eigenvalue weighted by Crippen LogP contribution is -2.28. The summed E-state index contributed by atoms with van der Waals surface area (Å²) in [5.74, 6) is -4.03. The van der Waals surface area contributed by atoms with Crippen LogP contribution in [0.1, 0.15) is 17.3 Å². The van der Waals surface area contributed by atoms with Crippen LogP contribution in [0.4, 0.5) is 5.13 Å². The maximum atomic E-state index is 12.6. The lowest BCUT2D eigenvalue weighted by atomic mass is 10.2. The van der Waals surface area contributed by atoms with Gasteiger partial charge >= 0.3 is 5.97 Å². The third-order valence-corrected chi connectivity index (χ3v) is 8.43. The van der Waals surface area contributed by atoms with Gasteiger partial charge in [0.1, 0.15) is 11.5 Å². The minimum atomic E-state index is -4.11. The number of nitrogens with zero attached hydrogens (tertiary/aromatic N) is 3. The van der Waals surface area contributed by atoms with Crippen LogP contribution in [-0.4, -0.2) is 53.9 Å². The number of hydrogen-bond acceptors (Lipinski definition) is 9. The van der Waals surface area contributed by atoms with E-state index in [1.165, 1.54) is 11.3 Å². The standard InChI is InChI=1S/C26H24N4O6S3/c1-3-12-30-20-11-10-18(24(33)36-4-2)13-21(20)38-26(30)29-23(32)16-39(34,35)15-22(31)28-25-27-19(14-37-25)17-8-6-5-7-9-17/h3,5-11,13-14H,1,4,12,15-16H2,2H3,(H,27,28,31). The van der Waals surface area contributed by atoms with Crippen LogP contribution in [0.15, 0.2) is 71.6 Å². The van der Waals surface area contributed by atoms with Crippen LogP contribution < -0.4 is 10.1 Å². The maximum absolute atomic E-state index is 12.6. The molecule has 13 heteroatoms. The molecule has 0 fully saturated rings. The van der Waals surface area contributed by atoms with Gasteiger partial charge in [0.05, 0.1) is 28.1 Å². The minimum absolute atomic E-state index is 0.234. The monoisotopic (exact) mass is 584 g/mol. The van der Waals surface area contributed by atoms with Crippen molar-refractivity contribution in [1.29, 1.82) is 0 Å². The Labute approximate surface area is 232 Å². The predicted molar refractivity (Wildman–Crippen MR) is 151 cm³/mol. The molecule has 4 rings (SSSR count). The van der Waals surface area contributed by atoms with E-state index in [1.54, 1.807) is 41.1 Å². The number of carbonyl (C=O) groups excluding carboxylic acids is 3. The highest BCUT2D eigenvalue weighted by Crippen LogP contribution is 2.24. The van der Waals surface area contributed by atoms with E-state index in [0.29, 0.717) is 28.0 Å². The molecule has 39 heavy (non-hydrogen) atoms. The summed E-state index contributed by atoms with van der Waals surface area (Å²) in [5.41, 5.74) is 2.55. The highest BCUT2D eigenvalue weighted by atomic mass is 32.2. The Bertz CT molecular complexity index is 1720. The van der Waals surface area contributed by atoms with E-state index >= 15 is 0 Å². The number of benzene rings is 2. The van der Waals surface area contributed by atoms with Crippen LogP contribution in [-0.2, 0) is 30.7 Å². The van der Waals surface area contributed by atoms with Gasteiger partial charge in [-0.15, -0.1) is 17.9 Å². The van der Waals surface area contributed by atoms with E-state index in [0.717, 1.165) is 16.9 Å². The van der Waals surface area contributed by atoms with E-state index in [2.05, 4.69) is 21.9 Å². The van der Waals surface area contributed by atoms with Crippen molar-refractivity contribution in [2.45, 2.75) is 13.5 Å². The summed E-state index contributed by atoms with van der Waals surface area (Å²) in [6, 6.07) is 14.3. The number of rotatable bonds is 10. The molecule has 0 aliphatic carbocycles. The first-order chi connectivity index (χ1) is 18.7. The van der Waals surface area contributed by atoms with E-state index in [1.807, 2.05) is 30.3 Å². The molecule has 2 heterocycles. The highest BCUT2D eigenvalue weighted by molar-refractivity contribution is 7.92. The van der Waals surface area contributed by atoms with E-state index in [9.17, 15) is 22.8 Å². The fraction of sp³-hybridized carbons (Fsp3) is 0.192. The molecular formula is C26H24N4O6S3. The zero-order valence-electron chi connectivity index (χ0n) is 20.8. The normalized spacial score (nSPS) is 11.9. The first kappa shape index (κ1) is 28.1. The van der Waals surface area contributed by atoms with Crippen molar-refractivity contribution >= 4 is 65.6 Å². The van der Waals surface area contributed by atoms with Gasteiger partial charge in [0.25, 0.3) is 5.91 Å². The molecule has 0 saturated carbocycles. The van der Waals surface area contributed by atoms with Gasteiger partial charge in [-0.05, 0) is 25.1 Å². The summed E-state index contributed by atoms with van der Waals surface area (Å²) >= 11 is 2.29. The van der Waals surface area contributed by atoms with Gasteiger partial charge in [-0.1, -0.05) is 47.7 Å². The lowest BCUT2D eigenvalue weighted by molar-refractivity contribution is -0.115. The predicted octanol–water partition coefficient (Wildman–Crippen LogP) is 3.67. The second kappa shape index (κ2) is 12.3. The van der Waals surface area contributed by atoms with Gasteiger partial charge in [0.2, 0.25) is 5.91 Å². The highest BCUT2D eigenvalue weighted by Gasteiger charge is 2.22. The Balaban J connectivity index is 1.47. The number of allylic oxidation sites excluding steroid dienone is 1.